The molecule has 114 valence electrons. The quantitative estimate of drug-likeness (QED) is 0.437. The van der Waals surface area contributed by atoms with Crippen LogP contribution < -0.4 is 0 Å². The van der Waals surface area contributed by atoms with Crippen LogP contribution in [0.2, 0.25) is 0 Å². The van der Waals surface area contributed by atoms with Crippen molar-refractivity contribution >= 4 is 46.4 Å². The third-order valence-corrected chi connectivity index (χ3v) is 4.16. The molecule has 4 nitrogen and oxygen atoms in total. The lowest BCUT2D eigenvalue weighted by Crippen LogP contribution is -1.77. The fourth-order valence-electron chi connectivity index (χ4n) is 2.91. The number of hydrogen-bond acceptors (Lipinski definition) is 2. The van der Waals surface area contributed by atoms with Crippen molar-refractivity contribution in [2.75, 3.05) is 0 Å². The standard InChI is InChI=1S/C20H14N4/c1-2-14-6-10-19(22-14)20-12-8-16(24-20)4-3-15-7-11-18(23-15)17-9-5-13(1)21-17/h1-12,21-22H. The molecule has 4 heteroatoms. The van der Waals surface area contributed by atoms with Gasteiger partial charge in [0.05, 0.1) is 33.8 Å². The van der Waals surface area contributed by atoms with Gasteiger partial charge in [0.2, 0.25) is 0 Å². The van der Waals surface area contributed by atoms with Gasteiger partial charge in [-0.15, -0.1) is 0 Å². The summed E-state index contributed by atoms with van der Waals surface area (Å²) in [7, 11) is 0. The van der Waals surface area contributed by atoms with E-state index >= 15 is 0 Å². The van der Waals surface area contributed by atoms with E-state index in [4.69, 9.17) is 0 Å². The zero-order chi connectivity index (χ0) is 15.9. The van der Waals surface area contributed by atoms with Gasteiger partial charge in [-0.1, -0.05) is 0 Å². The summed E-state index contributed by atoms with van der Waals surface area (Å²) in [5, 5.41) is 0. The first-order valence-corrected chi connectivity index (χ1v) is 7.86. The van der Waals surface area contributed by atoms with Gasteiger partial charge in [0.25, 0.3) is 0 Å². The predicted molar refractivity (Wildman–Crippen MR) is 98.9 cm³/mol. The van der Waals surface area contributed by atoms with E-state index < -0.39 is 0 Å². The van der Waals surface area contributed by atoms with Gasteiger partial charge in [0, 0.05) is 11.0 Å². The van der Waals surface area contributed by atoms with Crippen molar-refractivity contribution in [3.8, 4) is 0 Å². The molecule has 2 N–H and O–H groups in total. The molecule has 0 saturated carbocycles. The minimum absolute atomic E-state index is 0.926. The molecule has 3 aromatic rings. The second kappa shape index (κ2) is 5.06. The van der Waals surface area contributed by atoms with Crippen LogP contribution in [-0.2, 0) is 0 Å². The van der Waals surface area contributed by atoms with Crippen LogP contribution in [0.5, 0.6) is 0 Å². The largest absolute Gasteiger partial charge is 0.354 e. The van der Waals surface area contributed by atoms with Gasteiger partial charge < -0.3 is 9.97 Å². The van der Waals surface area contributed by atoms with E-state index in [1.165, 1.54) is 0 Å². The Hall–Kier alpha value is -3.40. The molecule has 0 spiro atoms. The van der Waals surface area contributed by atoms with E-state index in [1.807, 2.05) is 36.4 Å². The number of aromatic nitrogens is 4. The Morgan fingerprint density at radius 3 is 1.46 bits per heavy atom. The van der Waals surface area contributed by atoms with E-state index in [9.17, 15) is 0 Å². The van der Waals surface area contributed by atoms with Gasteiger partial charge in [-0.3, -0.25) is 0 Å². The Kier molecular flexibility index (Phi) is 2.76. The summed E-state index contributed by atoms with van der Waals surface area (Å²) in [5.41, 5.74) is 7.86. The van der Waals surface area contributed by atoms with Gasteiger partial charge in [0.1, 0.15) is 0 Å². The molecular weight excluding hydrogens is 296 g/mol. The highest BCUT2D eigenvalue weighted by Crippen LogP contribution is 2.18. The SMILES string of the molecule is C1=Cc2nc1ccc1nc(c3ccc(ccc4ccc2[nH]4)[nH]3)C=C1. The van der Waals surface area contributed by atoms with Crippen LogP contribution in [0.4, 0.5) is 0 Å². The molecule has 0 saturated heterocycles. The molecule has 0 fully saturated rings. The maximum atomic E-state index is 4.65. The van der Waals surface area contributed by atoms with E-state index in [1.54, 1.807) is 0 Å². The van der Waals surface area contributed by atoms with Gasteiger partial charge in [-0.25, -0.2) is 9.97 Å². The lowest BCUT2D eigenvalue weighted by molar-refractivity contribution is 1.30. The summed E-state index contributed by atoms with van der Waals surface area (Å²) in [6.45, 7) is 0. The number of aromatic amines is 2. The fourth-order valence-corrected chi connectivity index (χ4v) is 2.91. The second-order valence-corrected chi connectivity index (χ2v) is 5.83. The van der Waals surface area contributed by atoms with Crippen molar-refractivity contribution in [1.29, 1.82) is 0 Å². The van der Waals surface area contributed by atoms with Gasteiger partial charge in [-0.05, 0) is 72.8 Å². The Morgan fingerprint density at radius 2 is 0.958 bits per heavy atom. The molecule has 0 unspecified atom stereocenters. The topological polar surface area (TPSA) is 57.4 Å². The fraction of sp³-hybridized carbons (Fsp3) is 0. The summed E-state index contributed by atoms with van der Waals surface area (Å²) in [4.78, 5) is 16.1. The Morgan fingerprint density at radius 1 is 0.500 bits per heavy atom. The highest BCUT2D eigenvalue weighted by Gasteiger charge is 2.03. The molecule has 0 aliphatic carbocycles. The molecule has 24 heavy (non-hydrogen) atoms. The maximum Gasteiger partial charge on any atom is 0.0872 e. The smallest absolute Gasteiger partial charge is 0.0872 e. The van der Waals surface area contributed by atoms with Crippen molar-refractivity contribution in [3.05, 3.63) is 71.3 Å². The minimum atomic E-state index is 0.926. The van der Waals surface area contributed by atoms with Crippen LogP contribution in [0.25, 0.3) is 46.4 Å². The van der Waals surface area contributed by atoms with Crippen molar-refractivity contribution in [1.82, 2.24) is 19.9 Å². The van der Waals surface area contributed by atoms with Crippen LogP contribution in [0, 0.1) is 0 Å². The van der Waals surface area contributed by atoms with Crippen LogP contribution in [0.1, 0.15) is 22.8 Å². The summed E-state index contributed by atoms with van der Waals surface area (Å²) in [6, 6.07) is 16.3. The molecule has 2 aliphatic rings. The van der Waals surface area contributed by atoms with Crippen LogP contribution in [0.15, 0.2) is 48.5 Å². The normalized spacial score (nSPS) is 12.7. The lowest BCUT2D eigenvalue weighted by Gasteiger charge is -1.86. The first-order chi connectivity index (χ1) is 11.8. The van der Waals surface area contributed by atoms with Gasteiger partial charge in [0.15, 0.2) is 0 Å². The van der Waals surface area contributed by atoms with Crippen molar-refractivity contribution in [3.63, 3.8) is 0 Å². The molecule has 2 aliphatic heterocycles. The van der Waals surface area contributed by atoms with Crippen molar-refractivity contribution in [2.24, 2.45) is 0 Å². The molecule has 8 bridgehead atoms. The second-order valence-electron chi connectivity index (χ2n) is 5.83. The number of nitrogens with one attached hydrogen (secondary N) is 2. The molecular formula is C20H14N4. The molecule has 0 atom stereocenters. The van der Waals surface area contributed by atoms with E-state index in [0.717, 1.165) is 44.8 Å². The highest BCUT2D eigenvalue weighted by molar-refractivity contribution is 5.82. The van der Waals surface area contributed by atoms with E-state index in [2.05, 4.69) is 56.3 Å². The molecule has 0 aromatic carbocycles. The summed E-state index contributed by atoms with van der Waals surface area (Å²) in [6.07, 6.45) is 8.08. The average molecular weight is 310 g/mol. The monoisotopic (exact) mass is 310 g/mol. The Labute approximate surface area is 138 Å². The van der Waals surface area contributed by atoms with Crippen molar-refractivity contribution in [2.45, 2.75) is 0 Å². The number of H-pyrrole nitrogens is 2. The maximum absolute atomic E-state index is 4.65. The third kappa shape index (κ3) is 2.25. The molecule has 0 radical (unpaired) electrons. The minimum Gasteiger partial charge on any atom is -0.354 e. The first-order valence-electron chi connectivity index (χ1n) is 7.86. The van der Waals surface area contributed by atoms with Gasteiger partial charge >= 0.3 is 0 Å². The Bertz CT molecular complexity index is 1070. The predicted octanol–water partition coefficient (Wildman–Crippen LogP) is 4.66. The summed E-state index contributed by atoms with van der Waals surface area (Å²) in [5.74, 6) is 0. The number of nitrogens with zero attached hydrogens (tertiary/aromatic N) is 2. The zero-order valence-corrected chi connectivity index (χ0v) is 12.8. The van der Waals surface area contributed by atoms with Crippen LogP contribution in [-0.4, -0.2) is 19.9 Å². The number of hydrogen-bond donors (Lipinski definition) is 2. The third-order valence-electron chi connectivity index (χ3n) is 4.16. The molecule has 3 aromatic heterocycles. The number of rotatable bonds is 0. The van der Waals surface area contributed by atoms with E-state index in [0.29, 0.717) is 0 Å². The van der Waals surface area contributed by atoms with Gasteiger partial charge in [-0.2, -0.15) is 0 Å². The summed E-state index contributed by atoms with van der Waals surface area (Å²) < 4.78 is 0. The summed E-state index contributed by atoms with van der Waals surface area (Å²) >= 11 is 0. The first kappa shape index (κ1) is 13.1. The van der Waals surface area contributed by atoms with Crippen LogP contribution in [0.3, 0.4) is 0 Å². The van der Waals surface area contributed by atoms with Crippen molar-refractivity contribution < 1.29 is 0 Å². The molecule has 5 rings (SSSR count). The average Bonchev–Trinajstić information content (AvgIpc) is 3.37. The zero-order valence-electron chi connectivity index (χ0n) is 12.8. The highest BCUT2D eigenvalue weighted by atomic mass is 14.8. The molecule has 5 heterocycles. The lowest BCUT2D eigenvalue weighted by atomic mass is 10.3. The Balaban J connectivity index is 1.85. The van der Waals surface area contributed by atoms with Crippen LogP contribution >= 0.6 is 0 Å². The molecule has 0 amide bonds. The van der Waals surface area contributed by atoms with E-state index in [-0.39, 0.29) is 0 Å². The number of fused-ring (bicyclic) bond motifs is 10.